The van der Waals surface area contributed by atoms with Crippen LogP contribution < -0.4 is 0 Å². The second-order valence-electron chi connectivity index (χ2n) is 6.29. The fraction of sp³-hybridized carbons (Fsp3) is 0.250. The first-order valence-electron chi connectivity index (χ1n) is 8.58. The summed E-state index contributed by atoms with van der Waals surface area (Å²) in [6.07, 6.45) is 0. The van der Waals surface area contributed by atoms with Crippen LogP contribution in [0.2, 0.25) is 0 Å². The second-order valence-corrected chi connectivity index (χ2v) is 8.54. The fourth-order valence-corrected chi connectivity index (χ4v) is 5.64. The van der Waals surface area contributed by atoms with E-state index in [4.69, 9.17) is 24.5 Å². The van der Waals surface area contributed by atoms with Gasteiger partial charge < -0.3 is 0 Å². The summed E-state index contributed by atoms with van der Waals surface area (Å²) < 4.78 is 14.1. The summed E-state index contributed by atoms with van der Waals surface area (Å²) in [4.78, 5) is 4.77. The van der Waals surface area contributed by atoms with Crippen molar-refractivity contribution in [3.05, 3.63) is 83.2 Å². The van der Waals surface area contributed by atoms with E-state index in [1.165, 1.54) is 5.56 Å². The van der Waals surface area contributed by atoms with Crippen LogP contribution >= 0.6 is 10.0 Å². The molecule has 1 saturated heterocycles. The number of rotatable bonds is 4. The summed E-state index contributed by atoms with van der Waals surface area (Å²) >= 11 is -0.838. The van der Waals surface area contributed by atoms with Crippen molar-refractivity contribution in [3.8, 4) is 0 Å². The van der Waals surface area contributed by atoms with Crippen molar-refractivity contribution in [2.75, 3.05) is 13.2 Å². The summed E-state index contributed by atoms with van der Waals surface area (Å²) in [5.41, 5.74) is 3.31. The minimum absolute atomic E-state index is 0.0357. The Labute approximate surface area is 164 Å². The first-order valence-corrected chi connectivity index (χ1v) is 12.3. The first-order chi connectivity index (χ1) is 12.8. The van der Waals surface area contributed by atoms with E-state index in [0.717, 1.165) is 17.0 Å². The van der Waals surface area contributed by atoms with Crippen LogP contribution in [0.1, 0.15) is 30.1 Å². The van der Waals surface area contributed by atoms with Crippen molar-refractivity contribution in [2.45, 2.75) is 19.0 Å². The molecule has 0 amide bonds. The Balaban J connectivity index is 1.60. The normalized spacial score (nSPS) is 24.1. The summed E-state index contributed by atoms with van der Waals surface area (Å²) in [7, 11) is 6.38. The van der Waals surface area contributed by atoms with Gasteiger partial charge in [0.1, 0.15) is 0 Å². The van der Waals surface area contributed by atoms with Crippen molar-refractivity contribution in [1.29, 1.82) is 0 Å². The summed E-state index contributed by atoms with van der Waals surface area (Å²) in [5, 5.41) is 0. The third kappa shape index (κ3) is 3.36. The maximum absolute atomic E-state index is 6.38. The van der Waals surface area contributed by atoms with E-state index in [9.17, 15) is 0 Å². The van der Waals surface area contributed by atoms with Crippen LogP contribution in [0, 0.1) is 0 Å². The molecular weight excluding hydrogens is 408 g/mol. The summed E-state index contributed by atoms with van der Waals surface area (Å²) in [6, 6.07) is 20.8. The molecule has 132 valence electrons. The van der Waals surface area contributed by atoms with E-state index in [-0.39, 0.29) is 12.1 Å². The van der Waals surface area contributed by atoms with Crippen LogP contribution in [0.5, 0.6) is 0 Å². The van der Waals surface area contributed by atoms with Gasteiger partial charge in [-0.15, -0.1) is 0 Å². The van der Waals surface area contributed by atoms with Gasteiger partial charge in [-0.1, -0.05) is 0 Å². The summed E-state index contributed by atoms with van der Waals surface area (Å²) in [6.45, 7) is 3.16. The monoisotopic (exact) mass is 428 g/mol. The Morgan fingerprint density at radius 1 is 1.00 bits per heavy atom. The molecule has 0 bridgehead atoms. The standard InChI is InChI=1S/C20H19ClGeN2O2/c1-14(19-23-17(12-25-19)15-8-4-2-5-9-15)20-24(22-21)18(13-26-20)16-10-6-3-7-11-16/h2-11,17-18H,12-13H2,1H3/b20-14+/t17-,18-/m1/s1. The molecule has 2 radical (unpaired) electrons. The Hall–Kier alpha value is -1.92. The molecule has 4 nitrogen and oxygen atoms in total. The zero-order valence-electron chi connectivity index (χ0n) is 14.4. The Kier molecular flexibility index (Phi) is 5.22. The van der Waals surface area contributed by atoms with Gasteiger partial charge in [-0.3, -0.25) is 0 Å². The molecule has 1 fully saturated rings. The molecule has 2 aromatic rings. The van der Waals surface area contributed by atoms with Gasteiger partial charge >= 0.3 is 164 Å². The Morgan fingerprint density at radius 2 is 1.65 bits per heavy atom. The van der Waals surface area contributed by atoms with Gasteiger partial charge in [0.15, 0.2) is 0 Å². The SMILES string of the molecule is C/C(C1=N[C@@H](c2ccccc2)CO1)=C1\OC[C@H](c2ccccc2)[N]1[Ge][Cl]. The van der Waals surface area contributed by atoms with Crippen LogP contribution in [0.4, 0.5) is 0 Å². The average Bonchev–Trinajstić information content (AvgIpc) is 3.36. The van der Waals surface area contributed by atoms with Crippen molar-refractivity contribution < 1.29 is 9.47 Å². The number of hydrogen-bond donors (Lipinski definition) is 0. The quantitative estimate of drug-likeness (QED) is 0.685. The van der Waals surface area contributed by atoms with E-state index < -0.39 is 14.7 Å². The number of aliphatic imine (C=N–C) groups is 1. The molecule has 2 atom stereocenters. The zero-order valence-corrected chi connectivity index (χ0v) is 17.3. The molecule has 0 unspecified atom stereocenters. The number of benzene rings is 2. The van der Waals surface area contributed by atoms with Crippen LogP contribution in [0.3, 0.4) is 0 Å². The topological polar surface area (TPSA) is 34.1 Å². The number of hydrogen-bond acceptors (Lipinski definition) is 4. The molecule has 0 spiro atoms. The predicted molar refractivity (Wildman–Crippen MR) is 104 cm³/mol. The van der Waals surface area contributed by atoms with E-state index in [1.54, 1.807) is 0 Å². The Bertz CT molecular complexity index is 826. The molecule has 0 aliphatic carbocycles. The summed E-state index contributed by atoms with van der Waals surface area (Å²) in [5.74, 6) is 1.46. The van der Waals surface area contributed by atoms with Crippen LogP contribution in [0.15, 0.2) is 77.1 Å². The van der Waals surface area contributed by atoms with Crippen molar-refractivity contribution >= 4 is 30.6 Å². The van der Waals surface area contributed by atoms with Gasteiger partial charge in [-0.05, 0) is 0 Å². The molecule has 0 aromatic heterocycles. The minimum atomic E-state index is -0.838. The fourth-order valence-electron chi connectivity index (χ4n) is 3.27. The van der Waals surface area contributed by atoms with Crippen molar-refractivity contribution in [1.82, 2.24) is 3.86 Å². The van der Waals surface area contributed by atoms with E-state index in [0.29, 0.717) is 19.1 Å². The van der Waals surface area contributed by atoms with Gasteiger partial charge in [0.25, 0.3) is 0 Å². The molecule has 0 saturated carbocycles. The van der Waals surface area contributed by atoms with Crippen LogP contribution in [0.25, 0.3) is 0 Å². The van der Waals surface area contributed by atoms with Gasteiger partial charge in [0.2, 0.25) is 0 Å². The van der Waals surface area contributed by atoms with Gasteiger partial charge in [0.05, 0.1) is 0 Å². The molecule has 2 aliphatic rings. The van der Waals surface area contributed by atoms with E-state index >= 15 is 0 Å². The third-order valence-corrected chi connectivity index (χ3v) is 7.07. The molecule has 2 aliphatic heterocycles. The molecule has 6 heteroatoms. The molecule has 0 N–H and O–H groups in total. The first kappa shape index (κ1) is 17.5. The van der Waals surface area contributed by atoms with E-state index in [1.807, 2.05) is 43.3 Å². The van der Waals surface area contributed by atoms with Crippen LogP contribution in [-0.4, -0.2) is 37.7 Å². The molecule has 4 rings (SSSR count). The van der Waals surface area contributed by atoms with Crippen LogP contribution in [-0.2, 0) is 9.47 Å². The second kappa shape index (κ2) is 7.76. The predicted octanol–water partition coefficient (Wildman–Crippen LogP) is 4.23. The molecule has 2 aromatic carbocycles. The third-order valence-electron chi connectivity index (χ3n) is 4.66. The number of ether oxygens (including phenoxy) is 2. The van der Waals surface area contributed by atoms with Gasteiger partial charge in [0, 0.05) is 0 Å². The van der Waals surface area contributed by atoms with Crippen molar-refractivity contribution in [2.24, 2.45) is 4.99 Å². The van der Waals surface area contributed by atoms with Gasteiger partial charge in [-0.25, -0.2) is 0 Å². The van der Waals surface area contributed by atoms with E-state index in [2.05, 4.69) is 28.1 Å². The number of nitrogens with zero attached hydrogens (tertiary/aromatic N) is 2. The molecule has 26 heavy (non-hydrogen) atoms. The van der Waals surface area contributed by atoms with Gasteiger partial charge in [-0.2, -0.15) is 0 Å². The number of halogens is 1. The molecule has 2 heterocycles. The maximum atomic E-state index is 6.38. The van der Waals surface area contributed by atoms with Crippen molar-refractivity contribution in [3.63, 3.8) is 0 Å². The average molecular weight is 427 g/mol. The molecular formula is C20H19ClGeN2O2. The zero-order chi connectivity index (χ0) is 17.9. The Morgan fingerprint density at radius 3 is 2.31 bits per heavy atom.